The summed E-state index contributed by atoms with van der Waals surface area (Å²) in [6, 6.07) is 9.41. The SMILES string of the molecule is O=C(CNc1cccc([N+](=O)[O-])c1)NN=Cc1ccncc1. The largest absolute Gasteiger partial charge is 0.376 e. The highest BCUT2D eigenvalue weighted by molar-refractivity contribution is 5.84. The maximum Gasteiger partial charge on any atom is 0.271 e. The van der Waals surface area contributed by atoms with Crippen molar-refractivity contribution in [3.8, 4) is 0 Å². The van der Waals surface area contributed by atoms with Gasteiger partial charge in [-0.05, 0) is 23.8 Å². The molecule has 0 aliphatic rings. The van der Waals surface area contributed by atoms with Crippen LogP contribution in [0.3, 0.4) is 0 Å². The third-order valence-electron chi connectivity index (χ3n) is 2.62. The second-order valence-corrected chi connectivity index (χ2v) is 4.23. The van der Waals surface area contributed by atoms with Crippen molar-refractivity contribution in [2.24, 2.45) is 5.10 Å². The third kappa shape index (κ3) is 4.67. The molecule has 8 nitrogen and oxygen atoms in total. The number of nitrogens with one attached hydrogen (secondary N) is 2. The minimum Gasteiger partial charge on any atom is -0.376 e. The smallest absolute Gasteiger partial charge is 0.271 e. The van der Waals surface area contributed by atoms with E-state index < -0.39 is 4.92 Å². The fourth-order valence-corrected chi connectivity index (χ4v) is 1.58. The summed E-state index contributed by atoms with van der Waals surface area (Å²) in [5.74, 6) is -0.364. The Hall–Kier alpha value is -3.29. The molecule has 0 fully saturated rings. The summed E-state index contributed by atoms with van der Waals surface area (Å²) in [6.07, 6.45) is 4.73. The molecule has 0 radical (unpaired) electrons. The normalized spacial score (nSPS) is 10.4. The lowest BCUT2D eigenvalue weighted by Gasteiger charge is -2.04. The number of hydrogen-bond acceptors (Lipinski definition) is 6. The van der Waals surface area contributed by atoms with Crippen LogP contribution in [-0.4, -0.2) is 28.6 Å². The van der Waals surface area contributed by atoms with Crippen LogP contribution in [0.25, 0.3) is 0 Å². The van der Waals surface area contributed by atoms with E-state index in [1.165, 1.54) is 18.3 Å². The van der Waals surface area contributed by atoms with E-state index in [1.807, 2.05) is 0 Å². The van der Waals surface area contributed by atoms with Crippen molar-refractivity contribution >= 4 is 23.5 Å². The molecule has 112 valence electrons. The number of nitro benzene ring substituents is 1. The van der Waals surface area contributed by atoms with Gasteiger partial charge < -0.3 is 5.32 Å². The Kier molecular flexibility index (Phi) is 5.14. The minimum atomic E-state index is -0.496. The second-order valence-electron chi connectivity index (χ2n) is 4.23. The number of non-ortho nitro benzene ring substituents is 1. The number of nitrogens with zero attached hydrogens (tertiary/aromatic N) is 3. The maximum atomic E-state index is 11.6. The summed E-state index contributed by atoms with van der Waals surface area (Å²) in [5.41, 5.74) is 3.61. The number of pyridine rings is 1. The van der Waals surface area contributed by atoms with Gasteiger partial charge in [0.05, 0.1) is 17.7 Å². The molecule has 0 saturated carbocycles. The van der Waals surface area contributed by atoms with Gasteiger partial charge in [0.2, 0.25) is 0 Å². The molecule has 8 heteroatoms. The van der Waals surface area contributed by atoms with Crippen LogP contribution in [-0.2, 0) is 4.79 Å². The van der Waals surface area contributed by atoms with Crippen molar-refractivity contribution in [2.45, 2.75) is 0 Å². The molecule has 2 aromatic rings. The van der Waals surface area contributed by atoms with Gasteiger partial charge in [-0.3, -0.25) is 19.9 Å². The van der Waals surface area contributed by atoms with Gasteiger partial charge in [-0.15, -0.1) is 0 Å². The molecule has 0 spiro atoms. The number of aromatic nitrogens is 1. The molecular formula is C14H13N5O3. The molecule has 0 aliphatic carbocycles. The van der Waals surface area contributed by atoms with Gasteiger partial charge in [-0.1, -0.05) is 6.07 Å². The number of anilines is 1. The Morgan fingerprint density at radius 2 is 2.09 bits per heavy atom. The van der Waals surface area contributed by atoms with E-state index in [-0.39, 0.29) is 18.1 Å². The van der Waals surface area contributed by atoms with Gasteiger partial charge in [0.15, 0.2) is 0 Å². The molecule has 0 unspecified atom stereocenters. The predicted octanol–water partition coefficient (Wildman–Crippen LogP) is 1.55. The first-order valence-electron chi connectivity index (χ1n) is 6.35. The number of carbonyl (C=O) groups excluding carboxylic acids is 1. The van der Waals surface area contributed by atoms with E-state index in [0.717, 1.165) is 5.56 Å². The first-order valence-corrected chi connectivity index (χ1v) is 6.35. The number of amides is 1. The molecule has 1 heterocycles. The topological polar surface area (TPSA) is 110 Å². The van der Waals surface area contributed by atoms with Crippen LogP contribution < -0.4 is 10.7 Å². The summed E-state index contributed by atoms with van der Waals surface area (Å²) in [7, 11) is 0. The lowest BCUT2D eigenvalue weighted by atomic mass is 10.3. The predicted molar refractivity (Wildman–Crippen MR) is 81.6 cm³/mol. The molecule has 0 saturated heterocycles. The highest BCUT2D eigenvalue weighted by Gasteiger charge is 2.06. The molecule has 1 aromatic carbocycles. The van der Waals surface area contributed by atoms with Crippen molar-refractivity contribution in [3.05, 3.63) is 64.5 Å². The molecule has 22 heavy (non-hydrogen) atoms. The first-order chi connectivity index (χ1) is 10.6. The Balaban J connectivity index is 1.82. The molecule has 0 atom stereocenters. The molecule has 2 N–H and O–H groups in total. The Morgan fingerprint density at radius 3 is 2.82 bits per heavy atom. The number of hydrogen-bond donors (Lipinski definition) is 2. The average Bonchev–Trinajstić information content (AvgIpc) is 2.54. The standard InChI is InChI=1S/C14H13N5O3/c20-14(18-17-9-11-4-6-15-7-5-11)10-16-12-2-1-3-13(8-12)19(21)22/h1-9,16H,10H2,(H,18,20). The average molecular weight is 299 g/mol. The molecule has 1 aromatic heterocycles. The summed E-state index contributed by atoms with van der Waals surface area (Å²) in [5, 5.41) is 17.2. The zero-order valence-corrected chi connectivity index (χ0v) is 11.5. The quantitative estimate of drug-likeness (QED) is 0.478. The Labute approximate surface area is 126 Å². The van der Waals surface area contributed by atoms with Crippen LogP contribution in [0.15, 0.2) is 53.9 Å². The fourth-order valence-electron chi connectivity index (χ4n) is 1.58. The van der Waals surface area contributed by atoms with Gasteiger partial charge in [0.25, 0.3) is 11.6 Å². The number of carbonyl (C=O) groups is 1. The van der Waals surface area contributed by atoms with Crippen LogP contribution in [0, 0.1) is 10.1 Å². The van der Waals surface area contributed by atoms with E-state index in [1.54, 1.807) is 36.7 Å². The lowest BCUT2D eigenvalue weighted by Crippen LogP contribution is -2.25. The van der Waals surface area contributed by atoms with Gasteiger partial charge in [0, 0.05) is 30.2 Å². The zero-order chi connectivity index (χ0) is 15.8. The van der Waals surface area contributed by atoms with Crippen LogP contribution >= 0.6 is 0 Å². The summed E-state index contributed by atoms with van der Waals surface area (Å²) in [6.45, 7) is -0.0468. The minimum absolute atomic E-state index is 0.0406. The number of rotatable bonds is 6. The van der Waals surface area contributed by atoms with Gasteiger partial charge in [0.1, 0.15) is 0 Å². The van der Waals surface area contributed by atoms with Gasteiger partial charge in [-0.25, -0.2) is 5.43 Å². The van der Waals surface area contributed by atoms with Crippen LogP contribution in [0.5, 0.6) is 0 Å². The molecule has 0 bridgehead atoms. The molecule has 1 amide bonds. The molecule has 0 aliphatic heterocycles. The Morgan fingerprint density at radius 1 is 1.32 bits per heavy atom. The highest BCUT2D eigenvalue weighted by Crippen LogP contribution is 2.16. The van der Waals surface area contributed by atoms with Crippen molar-refractivity contribution in [1.29, 1.82) is 0 Å². The second kappa shape index (κ2) is 7.48. The monoisotopic (exact) mass is 299 g/mol. The maximum absolute atomic E-state index is 11.6. The summed E-state index contributed by atoms with van der Waals surface area (Å²) >= 11 is 0. The van der Waals surface area contributed by atoms with E-state index in [4.69, 9.17) is 0 Å². The van der Waals surface area contributed by atoms with E-state index in [9.17, 15) is 14.9 Å². The number of nitro groups is 1. The third-order valence-corrected chi connectivity index (χ3v) is 2.62. The van der Waals surface area contributed by atoms with E-state index in [0.29, 0.717) is 5.69 Å². The van der Waals surface area contributed by atoms with Crippen molar-refractivity contribution in [1.82, 2.24) is 10.4 Å². The van der Waals surface area contributed by atoms with Crippen molar-refractivity contribution < 1.29 is 9.72 Å². The molecular weight excluding hydrogens is 286 g/mol. The van der Waals surface area contributed by atoms with Crippen molar-refractivity contribution in [2.75, 3.05) is 11.9 Å². The molecule has 2 rings (SSSR count). The summed E-state index contributed by atoms with van der Waals surface area (Å²) in [4.78, 5) is 25.6. The van der Waals surface area contributed by atoms with Crippen LogP contribution in [0.2, 0.25) is 0 Å². The first kappa shape index (κ1) is 15.1. The number of hydrazone groups is 1. The van der Waals surface area contributed by atoms with Crippen molar-refractivity contribution in [3.63, 3.8) is 0 Å². The van der Waals surface area contributed by atoms with E-state index >= 15 is 0 Å². The lowest BCUT2D eigenvalue weighted by molar-refractivity contribution is -0.384. The zero-order valence-electron chi connectivity index (χ0n) is 11.5. The fraction of sp³-hybridized carbons (Fsp3) is 0.0714. The van der Waals surface area contributed by atoms with E-state index in [2.05, 4.69) is 20.8 Å². The highest BCUT2D eigenvalue weighted by atomic mass is 16.6. The van der Waals surface area contributed by atoms with Crippen LogP contribution in [0.1, 0.15) is 5.56 Å². The summed E-state index contributed by atoms with van der Waals surface area (Å²) < 4.78 is 0. The van der Waals surface area contributed by atoms with Gasteiger partial charge >= 0.3 is 0 Å². The Bertz CT molecular complexity index is 688. The van der Waals surface area contributed by atoms with Crippen LogP contribution in [0.4, 0.5) is 11.4 Å². The van der Waals surface area contributed by atoms with Gasteiger partial charge in [-0.2, -0.15) is 5.10 Å². The number of benzene rings is 1.